The van der Waals surface area contributed by atoms with Gasteiger partial charge < -0.3 is 15.4 Å². The molecular formula is C21H25FN2O3. The van der Waals surface area contributed by atoms with Crippen molar-refractivity contribution in [2.45, 2.75) is 39.2 Å². The van der Waals surface area contributed by atoms with Crippen molar-refractivity contribution in [1.29, 1.82) is 0 Å². The molecule has 5 nitrogen and oxygen atoms in total. The molecule has 2 aromatic carbocycles. The van der Waals surface area contributed by atoms with E-state index in [4.69, 9.17) is 4.74 Å². The summed E-state index contributed by atoms with van der Waals surface area (Å²) < 4.78 is 19.0. The van der Waals surface area contributed by atoms with Crippen LogP contribution in [0.25, 0.3) is 0 Å². The van der Waals surface area contributed by atoms with Crippen LogP contribution < -0.4 is 10.6 Å². The van der Waals surface area contributed by atoms with Crippen molar-refractivity contribution in [3.8, 4) is 0 Å². The Bertz CT molecular complexity index is 801. The third kappa shape index (κ3) is 6.40. The third-order valence-corrected chi connectivity index (χ3v) is 3.81. The van der Waals surface area contributed by atoms with E-state index in [-0.39, 0.29) is 12.5 Å². The molecule has 0 heterocycles. The van der Waals surface area contributed by atoms with Gasteiger partial charge in [0.25, 0.3) is 0 Å². The minimum absolute atomic E-state index is 0.0547. The molecule has 2 amide bonds. The molecule has 0 aliphatic heterocycles. The summed E-state index contributed by atoms with van der Waals surface area (Å²) in [6, 6.07) is 13.6. The molecule has 0 saturated heterocycles. The highest BCUT2D eigenvalue weighted by molar-refractivity contribution is 5.96. The molecule has 2 aromatic rings. The van der Waals surface area contributed by atoms with E-state index in [1.54, 1.807) is 52.0 Å². The molecule has 6 heteroatoms. The number of carbonyl (C=O) groups excluding carboxylic acids is 2. The molecule has 0 aliphatic carbocycles. The van der Waals surface area contributed by atoms with Crippen LogP contribution in [-0.4, -0.2) is 24.1 Å². The highest BCUT2D eigenvalue weighted by Crippen LogP contribution is 2.20. The van der Waals surface area contributed by atoms with Gasteiger partial charge in [0.1, 0.15) is 11.4 Å². The summed E-state index contributed by atoms with van der Waals surface area (Å²) in [7, 11) is 0. The molecule has 0 bridgehead atoms. The molecule has 0 fully saturated rings. The molecule has 0 radical (unpaired) electrons. The van der Waals surface area contributed by atoms with Gasteiger partial charge in [-0.2, -0.15) is 0 Å². The number of anilines is 1. The second kappa shape index (κ2) is 8.66. The number of nitrogens with one attached hydrogen (secondary N) is 2. The lowest BCUT2D eigenvalue weighted by Gasteiger charge is -2.22. The van der Waals surface area contributed by atoms with E-state index in [0.717, 1.165) is 5.56 Å². The molecule has 144 valence electrons. The van der Waals surface area contributed by atoms with Gasteiger partial charge in [0, 0.05) is 12.2 Å². The summed E-state index contributed by atoms with van der Waals surface area (Å²) in [5.74, 6) is -1.39. The Morgan fingerprint density at radius 2 is 1.78 bits per heavy atom. The van der Waals surface area contributed by atoms with Crippen LogP contribution >= 0.6 is 0 Å². The highest BCUT2D eigenvalue weighted by Gasteiger charge is 2.23. The van der Waals surface area contributed by atoms with Gasteiger partial charge in [0.05, 0.1) is 5.92 Å². The molecule has 1 atom stereocenters. The molecule has 0 spiro atoms. The van der Waals surface area contributed by atoms with Gasteiger partial charge in [0.15, 0.2) is 0 Å². The van der Waals surface area contributed by atoms with Crippen LogP contribution in [0.4, 0.5) is 14.9 Å². The smallest absolute Gasteiger partial charge is 0.407 e. The highest BCUT2D eigenvalue weighted by atomic mass is 19.1. The van der Waals surface area contributed by atoms with Crippen molar-refractivity contribution in [1.82, 2.24) is 5.32 Å². The lowest BCUT2D eigenvalue weighted by molar-refractivity contribution is -0.117. The molecule has 27 heavy (non-hydrogen) atoms. The number of carbonyl (C=O) groups is 2. The monoisotopic (exact) mass is 372 g/mol. The number of benzene rings is 2. The van der Waals surface area contributed by atoms with E-state index in [1.807, 2.05) is 18.2 Å². The number of hydrogen-bond donors (Lipinski definition) is 2. The van der Waals surface area contributed by atoms with E-state index in [2.05, 4.69) is 10.6 Å². The Balaban J connectivity index is 2.13. The van der Waals surface area contributed by atoms with Gasteiger partial charge >= 0.3 is 6.09 Å². The summed E-state index contributed by atoms with van der Waals surface area (Å²) in [6.07, 6.45) is -0.599. The number of hydrogen-bond acceptors (Lipinski definition) is 3. The summed E-state index contributed by atoms with van der Waals surface area (Å²) >= 11 is 0. The quantitative estimate of drug-likeness (QED) is 0.818. The number of alkyl carbamates (subject to hydrolysis) is 1. The van der Waals surface area contributed by atoms with Crippen LogP contribution in [0.2, 0.25) is 0 Å². The minimum atomic E-state index is -0.650. The van der Waals surface area contributed by atoms with Crippen LogP contribution in [0.5, 0.6) is 0 Å². The first kappa shape index (κ1) is 20.4. The number of rotatable bonds is 5. The predicted molar refractivity (Wildman–Crippen MR) is 103 cm³/mol. The van der Waals surface area contributed by atoms with E-state index >= 15 is 0 Å². The molecule has 0 saturated carbocycles. The predicted octanol–water partition coefficient (Wildman–Crippen LogP) is 4.38. The standard InChI is InChI=1S/C21H25FN2O3/c1-14-10-11-16(12-18(14)22)24-19(25)17(15-8-6-5-7-9-15)13-23-20(26)27-21(2,3)4/h5-12,17H,13H2,1-4H3,(H,23,26)(H,24,25). The Labute approximate surface area is 158 Å². The van der Waals surface area contributed by atoms with Crippen molar-refractivity contribution in [2.75, 3.05) is 11.9 Å². The minimum Gasteiger partial charge on any atom is -0.444 e. The number of amides is 2. The van der Waals surface area contributed by atoms with Gasteiger partial charge in [-0.3, -0.25) is 4.79 Å². The van der Waals surface area contributed by atoms with E-state index in [0.29, 0.717) is 11.3 Å². The lowest BCUT2D eigenvalue weighted by Crippen LogP contribution is -2.37. The second-order valence-corrected chi connectivity index (χ2v) is 7.30. The van der Waals surface area contributed by atoms with Crippen molar-refractivity contribution >= 4 is 17.7 Å². The van der Waals surface area contributed by atoms with Gasteiger partial charge in [-0.15, -0.1) is 0 Å². The molecule has 0 aliphatic rings. The first-order valence-corrected chi connectivity index (χ1v) is 8.74. The fourth-order valence-corrected chi connectivity index (χ4v) is 2.45. The Hall–Kier alpha value is -2.89. The van der Waals surface area contributed by atoms with E-state index < -0.39 is 23.4 Å². The summed E-state index contributed by atoms with van der Waals surface area (Å²) in [5.41, 5.74) is 0.965. The summed E-state index contributed by atoms with van der Waals surface area (Å²) in [4.78, 5) is 24.7. The zero-order chi connectivity index (χ0) is 20.0. The molecule has 0 aromatic heterocycles. The molecule has 2 N–H and O–H groups in total. The summed E-state index contributed by atoms with van der Waals surface area (Å²) in [5, 5.41) is 5.34. The first-order valence-electron chi connectivity index (χ1n) is 8.74. The van der Waals surface area contributed by atoms with Crippen LogP contribution in [0.15, 0.2) is 48.5 Å². The van der Waals surface area contributed by atoms with Gasteiger partial charge in [-0.25, -0.2) is 9.18 Å². The van der Waals surface area contributed by atoms with Crippen molar-refractivity contribution < 1.29 is 18.7 Å². The maximum absolute atomic E-state index is 13.7. The fourth-order valence-electron chi connectivity index (χ4n) is 2.45. The topological polar surface area (TPSA) is 67.4 Å². The molecule has 2 rings (SSSR count). The largest absolute Gasteiger partial charge is 0.444 e. The van der Waals surface area contributed by atoms with E-state index in [9.17, 15) is 14.0 Å². The number of aryl methyl sites for hydroxylation is 1. The SMILES string of the molecule is Cc1ccc(NC(=O)C(CNC(=O)OC(C)(C)C)c2ccccc2)cc1F. The molecular weight excluding hydrogens is 347 g/mol. The van der Waals surface area contributed by atoms with Crippen LogP contribution in [0, 0.1) is 12.7 Å². The van der Waals surface area contributed by atoms with Crippen molar-refractivity contribution in [2.24, 2.45) is 0 Å². The average molecular weight is 372 g/mol. The number of halogens is 1. The van der Waals surface area contributed by atoms with Crippen LogP contribution in [-0.2, 0) is 9.53 Å². The lowest BCUT2D eigenvalue weighted by atomic mass is 9.98. The van der Waals surface area contributed by atoms with Crippen LogP contribution in [0.3, 0.4) is 0 Å². The maximum atomic E-state index is 13.7. The van der Waals surface area contributed by atoms with Gasteiger partial charge in [-0.05, 0) is 51.0 Å². The van der Waals surface area contributed by atoms with Crippen molar-refractivity contribution in [3.63, 3.8) is 0 Å². The van der Waals surface area contributed by atoms with Crippen LogP contribution in [0.1, 0.15) is 37.8 Å². The maximum Gasteiger partial charge on any atom is 0.407 e. The number of ether oxygens (including phenoxy) is 1. The summed E-state index contributed by atoms with van der Waals surface area (Å²) in [6.45, 7) is 7.00. The Morgan fingerprint density at radius 1 is 1.11 bits per heavy atom. The zero-order valence-electron chi connectivity index (χ0n) is 16.0. The normalized spacial score (nSPS) is 12.2. The van der Waals surface area contributed by atoms with Gasteiger partial charge in [0.2, 0.25) is 5.91 Å². The fraction of sp³-hybridized carbons (Fsp3) is 0.333. The molecule has 1 unspecified atom stereocenters. The Kier molecular flexibility index (Phi) is 6.55. The average Bonchev–Trinajstić information content (AvgIpc) is 2.58. The van der Waals surface area contributed by atoms with Gasteiger partial charge in [-0.1, -0.05) is 36.4 Å². The van der Waals surface area contributed by atoms with E-state index in [1.165, 1.54) is 6.07 Å². The van der Waals surface area contributed by atoms with Crippen molar-refractivity contribution in [3.05, 3.63) is 65.5 Å². The Morgan fingerprint density at radius 3 is 2.37 bits per heavy atom. The second-order valence-electron chi connectivity index (χ2n) is 7.30. The zero-order valence-corrected chi connectivity index (χ0v) is 16.0. The third-order valence-electron chi connectivity index (χ3n) is 3.81. The first-order chi connectivity index (χ1) is 12.7.